The summed E-state index contributed by atoms with van der Waals surface area (Å²) >= 11 is 0. The van der Waals surface area contributed by atoms with Crippen LogP contribution in [0.5, 0.6) is 0 Å². The minimum Gasteiger partial charge on any atom is -0.469 e. The molecule has 5 nitrogen and oxygen atoms in total. The third kappa shape index (κ3) is 4.38. The van der Waals surface area contributed by atoms with Crippen molar-refractivity contribution in [3.8, 4) is 0 Å². The van der Waals surface area contributed by atoms with Crippen molar-refractivity contribution in [2.45, 2.75) is 70.9 Å². The standard InChI is InChI=1S/C28H39NO4/c1-26-14-7-15-27(2,25(31)33-3)23(26)12-16-28(32,20-30)24(26)11-10-22-13-17-29(19-22)18-21-8-5-4-6-9-21/h4-6,8-9,13,17,19,23-24,30,32H,7,10-12,14-16,18,20H2,1-3H3/t23-,24+,26-,27-,28-/m0/s1. The van der Waals surface area contributed by atoms with E-state index in [4.69, 9.17) is 4.74 Å². The molecule has 0 bridgehead atoms. The Hall–Kier alpha value is -2.11. The number of esters is 1. The first-order valence-corrected chi connectivity index (χ1v) is 12.4. The molecule has 0 spiro atoms. The van der Waals surface area contributed by atoms with Gasteiger partial charge in [0.2, 0.25) is 0 Å². The lowest BCUT2D eigenvalue weighted by molar-refractivity contribution is -0.204. The van der Waals surface area contributed by atoms with Gasteiger partial charge in [-0.1, -0.05) is 43.7 Å². The molecule has 180 valence electrons. The van der Waals surface area contributed by atoms with Crippen molar-refractivity contribution in [1.82, 2.24) is 4.57 Å². The van der Waals surface area contributed by atoms with Crippen LogP contribution in [0.3, 0.4) is 0 Å². The van der Waals surface area contributed by atoms with Crippen LogP contribution in [0.4, 0.5) is 0 Å². The van der Waals surface area contributed by atoms with E-state index in [1.807, 2.05) is 13.0 Å². The number of nitrogens with zero attached hydrogens (tertiary/aromatic N) is 1. The van der Waals surface area contributed by atoms with Crippen LogP contribution in [-0.2, 0) is 22.5 Å². The van der Waals surface area contributed by atoms with Gasteiger partial charge in [0.15, 0.2) is 0 Å². The highest BCUT2D eigenvalue weighted by molar-refractivity contribution is 5.77. The summed E-state index contributed by atoms with van der Waals surface area (Å²) in [5.74, 6) is -0.0641. The van der Waals surface area contributed by atoms with Gasteiger partial charge in [0, 0.05) is 18.9 Å². The van der Waals surface area contributed by atoms with E-state index < -0.39 is 11.0 Å². The molecule has 0 aliphatic heterocycles. The first-order chi connectivity index (χ1) is 15.7. The number of aryl methyl sites for hydroxylation is 1. The van der Waals surface area contributed by atoms with Crippen LogP contribution in [0.1, 0.15) is 63.5 Å². The minimum atomic E-state index is -1.10. The number of benzene rings is 1. The summed E-state index contributed by atoms with van der Waals surface area (Å²) in [7, 11) is 1.48. The molecule has 2 fully saturated rings. The van der Waals surface area contributed by atoms with Gasteiger partial charge in [-0.2, -0.15) is 0 Å². The molecule has 1 heterocycles. The Morgan fingerprint density at radius 3 is 2.58 bits per heavy atom. The van der Waals surface area contributed by atoms with Gasteiger partial charge >= 0.3 is 5.97 Å². The highest BCUT2D eigenvalue weighted by Gasteiger charge is 2.62. The average Bonchev–Trinajstić information content (AvgIpc) is 3.25. The quantitative estimate of drug-likeness (QED) is 0.602. The van der Waals surface area contributed by atoms with Crippen LogP contribution in [-0.4, -0.2) is 40.1 Å². The second-order valence-electron chi connectivity index (χ2n) is 10.9. The van der Waals surface area contributed by atoms with Crippen molar-refractivity contribution < 1.29 is 19.7 Å². The molecule has 0 radical (unpaired) electrons. The summed E-state index contributed by atoms with van der Waals surface area (Å²) in [6.45, 7) is 4.89. The first-order valence-electron chi connectivity index (χ1n) is 12.4. The number of methoxy groups -OCH3 is 1. The predicted octanol–water partition coefficient (Wildman–Crippen LogP) is 4.59. The van der Waals surface area contributed by atoms with Gasteiger partial charge in [-0.25, -0.2) is 0 Å². The zero-order valence-corrected chi connectivity index (χ0v) is 20.3. The topological polar surface area (TPSA) is 71.7 Å². The molecular weight excluding hydrogens is 414 g/mol. The Morgan fingerprint density at radius 1 is 1.12 bits per heavy atom. The second-order valence-corrected chi connectivity index (χ2v) is 10.9. The van der Waals surface area contributed by atoms with Crippen LogP contribution in [0.15, 0.2) is 48.8 Å². The number of rotatable bonds is 7. The Balaban J connectivity index is 1.54. The van der Waals surface area contributed by atoms with Gasteiger partial charge in [-0.3, -0.25) is 4.79 Å². The number of carbonyl (C=O) groups excluding carboxylic acids is 1. The third-order valence-corrected chi connectivity index (χ3v) is 8.95. The molecule has 1 aromatic heterocycles. The fourth-order valence-corrected chi connectivity index (χ4v) is 7.27. The Kier molecular flexibility index (Phi) is 6.75. The van der Waals surface area contributed by atoms with Crippen molar-refractivity contribution >= 4 is 5.97 Å². The van der Waals surface area contributed by atoms with E-state index in [2.05, 4.69) is 54.2 Å². The number of aliphatic hydroxyl groups excluding tert-OH is 1. The maximum atomic E-state index is 12.8. The number of fused-ring (bicyclic) bond motifs is 1. The van der Waals surface area contributed by atoms with Gasteiger partial charge in [0.05, 0.1) is 24.7 Å². The molecule has 2 aliphatic carbocycles. The Labute approximate surface area is 197 Å². The molecule has 2 N–H and O–H groups in total. The molecule has 0 amide bonds. The van der Waals surface area contributed by atoms with Crippen LogP contribution in [0, 0.1) is 22.7 Å². The lowest BCUT2D eigenvalue weighted by Gasteiger charge is -2.61. The second kappa shape index (κ2) is 9.27. The molecule has 4 rings (SSSR count). The Morgan fingerprint density at radius 2 is 1.88 bits per heavy atom. The first kappa shape index (κ1) is 24.0. The maximum Gasteiger partial charge on any atom is 0.311 e. The lowest BCUT2D eigenvalue weighted by Crippen LogP contribution is -2.61. The van der Waals surface area contributed by atoms with Crippen LogP contribution in [0.25, 0.3) is 0 Å². The largest absolute Gasteiger partial charge is 0.469 e. The third-order valence-electron chi connectivity index (χ3n) is 8.95. The molecule has 0 saturated heterocycles. The van der Waals surface area contributed by atoms with Crippen molar-refractivity contribution in [2.75, 3.05) is 13.7 Å². The highest BCUT2D eigenvalue weighted by Crippen LogP contribution is 2.63. The van der Waals surface area contributed by atoms with E-state index in [1.165, 1.54) is 18.2 Å². The summed E-state index contributed by atoms with van der Waals surface area (Å²) < 4.78 is 7.43. The zero-order chi connectivity index (χ0) is 23.7. The molecule has 5 atom stereocenters. The summed E-state index contributed by atoms with van der Waals surface area (Å²) in [5, 5.41) is 21.7. The molecule has 2 aromatic rings. The lowest BCUT2D eigenvalue weighted by atomic mass is 9.44. The average molecular weight is 454 g/mol. The van der Waals surface area contributed by atoms with Crippen LogP contribution >= 0.6 is 0 Å². The number of hydrogen-bond acceptors (Lipinski definition) is 4. The highest BCUT2D eigenvalue weighted by atomic mass is 16.5. The fraction of sp³-hybridized carbons (Fsp3) is 0.607. The molecule has 5 heteroatoms. The predicted molar refractivity (Wildman–Crippen MR) is 129 cm³/mol. The van der Waals surface area contributed by atoms with Gasteiger partial charge in [0.1, 0.15) is 0 Å². The van der Waals surface area contributed by atoms with Crippen molar-refractivity contribution in [1.29, 1.82) is 0 Å². The van der Waals surface area contributed by atoms with Crippen molar-refractivity contribution in [3.63, 3.8) is 0 Å². The smallest absolute Gasteiger partial charge is 0.311 e. The van der Waals surface area contributed by atoms with E-state index in [9.17, 15) is 15.0 Å². The van der Waals surface area contributed by atoms with Gasteiger partial charge in [-0.15, -0.1) is 0 Å². The number of hydrogen-bond donors (Lipinski definition) is 2. The van der Waals surface area contributed by atoms with Crippen LogP contribution < -0.4 is 0 Å². The summed E-state index contributed by atoms with van der Waals surface area (Å²) in [4.78, 5) is 12.8. The number of aromatic nitrogens is 1. The van der Waals surface area contributed by atoms with Gasteiger partial charge < -0.3 is 19.5 Å². The van der Waals surface area contributed by atoms with E-state index in [0.29, 0.717) is 6.42 Å². The molecule has 1 aromatic carbocycles. The summed E-state index contributed by atoms with van der Waals surface area (Å²) in [6.07, 6.45) is 9.92. The van der Waals surface area contributed by atoms with E-state index in [1.54, 1.807) is 0 Å². The molecule has 0 unspecified atom stereocenters. The molecule has 2 saturated carbocycles. The monoisotopic (exact) mass is 453 g/mol. The van der Waals surface area contributed by atoms with E-state index in [-0.39, 0.29) is 29.8 Å². The van der Waals surface area contributed by atoms with E-state index >= 15 is 0 Å². The number of carbonyl (C=O) groups is 1. The summed E-state index contributed by atoms with van der Waals surface area (Å²) in [6, 6.07) is 12.6. The maximum absolute atomic E-state index is 12.8. The van der Waals surface area contributed by atoms with E-state index in [0.717, 1.165) is 45.1 Å². The normalized spacial score (nSPS) is 34.0. The van der Waals surface area contributed by atoms with Crippen LogP contribution in [0.2, 0.25) is 0 Å². The molecule has 33 heavy (non-hydrogen) atoms. The SMILES string of the molecule is COC(=O)[C@@]1(C)CCC[C@]2(C)[C@@H](CCc3ccn(Cc4ccccc4)c3)[C@@](O)(CO)CC[C@@H]21. The van der Waals surface area contributed by atoms with Gasteiger partial charge in [0.25, 0.3) is 0 Å². The van der Waals surface area contributed by atoms with Crippen molar-refractivity contribution in [2.24, 2.45) is 22.7 Å². The number of aliphatic hydroxyl groups is 2. The Bertz CT molecular complexity index is 956. The summed E-state index contributed by atoms with van der Waals surface area (Å²) in [5.41, 5.74) is 0.649. The molecule has 2 aliphatic rings. The van der Waals surface area contributed by atoms with Gasteiger partial charge in [-0.05, 0) is 79.9 Å². The molecular formula is C28H39NO4. The van der Waals surface area contributed by atoms with Crippen molar-refractivity contribution in [3.05, 3.63) is 59.9 Å². The fourth-order valence-electron chi connectivity index (χ4n) is 7.27. The minimum absolute atomic E-state index is 0.0736. The number of ether oxygens (including phenoxy) is 1. The zero-order valence-electron chi connectivity index (χ0n) is 20.3.